The van der Waals surface area contributed by atoms with E-state index in [-0.39, 0.29) is 24.1 Å². The van der Waals surface area contributed by atoms with Crippen molar-refractivity contribution >= 4 is 23.4 Å². The standard InChI is InChI=1S/C25H30FN7O3/c26-24-20(3-1-4-21(24)36-19-6-11-33(12-7-19)16-23(34)35)32-22-13-17(5-10-28-22)18-14-30-25(31-15-18)29-9-2-8-27/h1,3-5,10,13-15,19H,2,6-9,11-12,16,27H2,(H,28,32)(H,34,35)(H,29,30,31). The number of piperidine rings is 1. The maximum Gasteiger partial charge on any atom is 0.317 e. The Morgan fingerprint density at radius 1 is 1.17 bits per heavy atom. The highest BCUT2D eigenvalue weighted by Crippen LogP contribution is 2.30. The van der Waals surface area contributed by atoms with E-state index in [0.717, 1.165) is 17.5 Å². The van der Waals surface area contributed by atoms with Crippen molar-refractivity contribution in [1.29, 1.82) is 0 Å². The molecule has 36 heavy (non-hydrogen) atoms. The van der Waals surface area contributed by atoms with Gasteiger partial charge in [-0.15, -0.1) is 0 Å². The molecule has 190 valence electrons. The lowest BCUT2D eigenvalue weighted by atomic mass is 10.1. The highest BCUT2D eigenvalue weighted by molar-refractivity contribution is 5.69. The molecule has 1 aliphatic heterocycles. The number of hydrogen-bond donors (Lipinski definition) is 4. The van der Waals surface area contributed by atoms with E-state index in [4.69, 9.17) is 15.6 Å². The maximum atomic E-state index is 15.2. The number of carboxylic acid groups (broad SMARTS) is 1. The first-order chi connectivity index (χ1) is 17.5. The number of halogens is 1. The van der Waals surface area contributed by atoms with Gasteiger partial charge < -0.3 is 26.2 Å². The third-order valence-corrected chi connectivity index (χ3v) is 5.82. The first kappa shape index (κ1) is 25.3. The fraction of sp³-hybridized carbons (Fsp3) is 0.360. The highest BCUT2D eigenvalue weighted by atomic mass is 19.1. The second-order valence-electron chi connectivity index (χ2n) is 8.52. The Hall–Kier alpha value is -3.83. The number of carboxylic acids is 1. The molecule has 0 amide bonds. The van der Waals surface area contributed by atoms with Crippen LogP contribution in [0.25, 0.3) is 11.1 Å². The van der Waals surface area contributed by atoms with E-state index < -0.39 is 11.8 Å². The molecule has 1 fully saturated rings. The molecule has 5 N–H and O–H groups in total. The van der Waals surface area contributed by atoms with Crippen molar-refractivity contribution in [1.82, 2.24) is 19.9 Å². The summed E-state index contributed by atoms with van der Waals surface area (Å²) in [5.74, 6) is -0.202. The number of aromatic nitrogens is 3. The summed E-state index contributed by atoms with van der Waals surface area (Å²) in [6, 6.07) is 8.56. The maximum absolute atomic E-state index is 15.2. The van der Waals surface area contributed by atoms with Crippen LogP contribution < -0.4 is 21.1 Å². The van der Waals surface area contributed by atoms with Gasteiger partial charge >= 0.3 is 5.97 Å². The van der Waals surface area contributed by atoms with Crippen LogP contribution in [0.5, 0.6) is 5.75 Å². The molecule has 4 rings (SSSR count). The van der Waals surface area contributed by atoms with Crippen molar-refractivity contribution < 1.29 is 19.0 Å². The fourth-order valence-corrected chi connectivity index (χ4v) is 3.94. The number of anilines is 3. The number of carbonyl (C=O) groups is 1. The lowest BCUT2D eigenvalue weighted by molar-refractivity contribution is -0.138. The van der Waals surface area contributed by atoms with E-state index in [1.165, 1.54) is 0 Å². The predicted octanol–water partition coefficient (Wildman–Crippen LogP) is 3.11. The van der Waals surface area contributed by atoms with Gasteiger partial charge in [0.15, 0.2) is 11.6 Å². The molecular weight excluding hydrogens is 465 g/mol. The van der Waals surface area contributed by atoms with Crippen LogP contribution in [0.3, 0.4) is 0 Å². The Bertz CT molecular complexity index is 1150. The second kappa shape index (κ2) is 12.2. The number of rotatable bonds is 11. The summed E-state index contributed by atoms with van der Waals surface area (Å²) in [6.45, 7) is 2.51. The normalized spacial score (nSPS) is 14.4. The molecule has 10 nitrogen and oxygen atoms in total. The highest BCUT2D eigenvalue weighted by Gasteiger charge is 2.23. The molecule has 2 aromatic heterocycles. The van der Waals surface area contributed by atoms with Crippen molar-refractivity contribution in [3.63, 3.8) is 0 Å². The minimum absolute atomic E-state index is 0.00843. The SMILES string of the molecule is NCCCNc1ncc(-c2ccnc(Nc3cccc(OC4CCN(CC(=O)O)CC4)c3F)c2)cn1. The average Bonchev–Trinajstić information content (AvgIpc) is 2.88. The quantitative estimate of drug-likeness (QED) is 0.294. The summed E-state index contributed by atoms with van der Waals surface area (Å²) in [7, 11) is 0. The summed E-state index contributed by atoms with van der Waals surface area (Å²) in [5.41, 5.74) is 7.38. The van der Waals surface area contributed by atoms with E-state index in [1.807, 2.05) is 11.0 Å². The molecule has 0 aliphatic carbocycles. The number of pyridine rings is 1. The zero-order chi connectivity index (χ0) is 25.3. The van der Waals surface area contributed by atoms with Crippen LogP contribution in [-0.4, -0.2) is 69.8 Å². The van der Waals surface area contributed by atoms with Gasteiger partial charge in [-0.05, 0) is 55.6 Å². The smallest absolute Gasteiger partial charge is 0.317 e. The van der Waals surface area contributed by atoms with E-state index >= 15 is 4.39 Å². The molecule has 0 unspecified atom stereocenters. The molecule has 0 saturated carbocycles. The number of ether oxygens (including phenoxy) is 1. The van der Waals surface area contributed by atoms with Crippen LogP contribution in [0.15, 0.2) is 48.9 Å². The van der Waals surface area contributed by atoms with Gasteiger partial charge in [-0.3, -0.25) is 9.69 Å². The largest absolute Gasteiger partial charge is 0.487 e. The predicted molar refractivity (Wildman–Crippen MR) is 135 cm³/mol. The Kier molecular flexibility index (Phi) is 8.58. The fourth-order valence-electron chi connectivity index (χ4n) is 3.94. The summed E-state index contributed by atoms with van der Waals surface area (Å²) in [5, 5.41) is 15.1. The van der Waals surface area contributed by atoms with Gasteiger partial charge in [-0.1, -0.05) is 6.07 Å². The molecule has 1 aromatic carbocycles. The van der Waals surface area contributed by atoms with E-state index in [2.05, 4.69) is 25.6 Å². The van der Waals surface area contributed by atoms with Gasteiger partial charge in [0.2, 0.25) is 5.95 Å². The van der Waals surface area contributed by atoms with Gasteiger partial charge in [0, 0.05) is 43.8 Å². The minimum Gasteiger partial charge on any atom is -0.487 e. The number of nitrogens with two attached hydrogens (primary N) is 1. The number of aliphatic carboxylic acids is 1. The summed E-state index contributed by atoms with van der Waals surface area (Å²) in [6.07, 6.45) is 7.00. The van der Waals surface area contributed by atoms with Crippen LogP contribution in [0, 0.1) is 5.82 Å². The lowest BCUT2D eigenvalue weighted by Gasteiger charge is -2.31. The van der Waals surface area contributed by atoms with Crippen molar-refractivity contribution in [3.05, 3.63) is 54.7 Å². The minimum atomic E-state index is -0.850. The van der Waals surface area contributed by atoms with Crippen LogP contribution in [-0.2, 0) is 4.79 Å². The lowest BCUT2D eigenvalue weighted by Crippen LogP contribution is -2.40. The van der Waals surface area contributed by atoms with Crippen LogP contribution in [0.2, 0.25) is 0 Å². The number of benzene rings is 1. The van der Waals surface area contributed by atoms with Crippen molar-refractivity contribution in [2.75, 3.05) is 43.4 Å². The van der Waals surface area contributed by atoms with Gasteiger partial charge in [0.05, 0.1) is 12.2 Å². The second-order valence-corrected chi connectivity index (χ2v) is 8.52. The monoisotopic (exact) mass is 495 g/mol. The van der Waals surface area contributed by atoms with Crippen molar-refractivity contribution in [3.8, 4) is 16.9 Å². The number of hydrogen-bond acceptors (Lipinski definition) is 9. The molecular formula is C25H30FN7O3. The first-order valence-electron chi connectivity index (χ1n) is 11.9. The zero-order valence-corrected chi connectivity index (χ0v) is 19.9. The number of likely N-dealkylation sites (tertiary alicyclic amines) is 1. The van der Waals surface area contributed by atoms with E-state index in [1.54, 1.807) is 42.9 Å². The van der Waals surface area contributed by atoms with Crippen LogP contribution in [0.4, 0.5) is 21.8 Å². The van der Waals surface area contributed by atoms with Crippen LogP contribution >= 0.6 is 0 Å². The Balaban J connectivity index is 1.39. The molecule has 1 saturated heterocycles. The van der Waals surface area contributed by atoms with Crippen molar-refractivity contribution in [2.24, 2.45) is 5.73 Å². The summed E-state index contributed by atoms with van der Waals surface area (Å²) < 4.78 is 21.1. The third-order valence-electron chi connectivity index (χ3n) is 5.82. The average molecular weight is 496 g/mol. The van der Waals surface area contributed by atoms with Gasteiger partial charge in [-0.25, -0.2) is 19.3 Å². The molecule has 0 radical (unpaired) electrons. The molecule has 0 spiro atoms. The topological polar surface area (TPSA) is 139 Å². The number of nitrogens with zero attached hydrogens (tertiary/aromatic N) is 4. The van der Waals surface area contributed by atoms with E-state index in [0.29, 0.717) is 50.8 Å². The molecule has 0 bridgehead atoms. The van der Waals surface area contributed by atoms with Crippen molar-refractivity contribution in [2.45, 2.75) is 25.4 Å². The molecule has 3 heterocycles. The summed E-state index contributed by atoms with van der Waals surface area (Å²) in [4.78, 5) is 25.7. The zero-order valence-electron chi connectivity index (χ0n) is 19.9. The molecule has 3 aromatic rings. The third kappa shape index (κ3) is 6.86. The Morgan fingerprint density at radius 3 is 2.67 bits per heavy atom. The Labute approximate surface area is 208 Å². The Morgan fingerprint density at radius 2 is 1.94 bits per heavy atom. The molecule has 1 aliphatic rings. The molecule has 0 atom stereocenters. The van der Waals surface area contributed by atoms with Crippen LogP contribution in [0.1, 0.15) is 19.3 Å². The van der Waals surface area contributed by atoms with Gasteiger partial charge in [-0.2, -0.15) is 0 Å². The van der Waals surface area contributed by atoms with Gasteiger partial charge in [0.1, 0.15) is 11.9 Å². The first-order valence-corrected chi connectivity index (χ1v) is 11.9. The molecule has 11 heteroatoms. The number of nitrogens with one attached hydrogen (secondary N) is 2. The van der Waals surface area contributed by atoms with Gasteiger partial charge in [0.25, 0.3) is 0 Å². The van der Waals surface area contributed by atoms with E-state index in [9.17, 15) is 4.79 Å². The summed E-state index contributed by atoms with van der Waals surface area (Å²) >= 11 is 0.